The molecule has 3 aromatic rings. The molecule has 7 heteroatoms. The third-order valence-corrected chi connectivity index (χ3v) is 5.23. The second-order valence-electron chi connectivity index (χ2n) is 5.90. The number of aromatic nitrogens is 3. The van der Waals surface area contributed by atoms with Crippen LogP contribution in [0.3, 0.4) is 0 Å². The summed E-state index contributed by atoms with van der Waals surface area (Å²) in [5.74, 6) is 3.22. The molecular weight excluding hydrogens is 382 g/mol. The van der Waals surface area contributed by atoms with Crippen molar-refractivity contribution < 1.29 is 9.47 Å². The number of hydrogen-bond acceptors (Lipinski definition) is 5. The molecule has 0 saturated carbocycles. The van der Waals surface area contributed by atoms with Crippen molar-refractivity contribution in [1.29, 1.82) is 0 Å². The molecule has 0 atom stereocenters. The summed E-state index contributed by atoms with van der Waals surface area (Å²) in [6.45, 7) is 3.10. The summed E-state index contributed by atoms with van der Waals surface area (Å²) in [5, 5.41) is 9.97. The van der Waals surface area contributed by atoms with Crippen LogP contribution in [0.4, 0.5) is 0 Å². The summed E-state index contributed by atoms with van der Waals surface area (Å²) in [6, 6.07) is 15.5. The largest absolute Gasteiger partial charge is 0.493 e. The number of rotatable bonds is 9. The lowest BCUT2D eigenvalue weighted by atomic mass is 10.2. The first-order valence-corrected chi connectivity index (χ1v) is 10.1. The van der Waals surface area contributed by atoms with Crippen molar-refractivity contribution >= 4 is 23.4 Å². The Morgan fingerprint density at radius 2 is 1.85 bits per heavy atom. The highest BCUT2D eigenvalue weighted by Gasteiger charge is 2.10. The first kappa shape index (κ1) is 19.6. The fraction of sp³-hybridized carbons (Fsp3) is 0.300. The van der Waals surface area contributed by atoms with E-state index in [0.29, 0.717) is 18.2 Å². The lowest BCUT2D eigenvalue weighted by Gasteiger charge is -2.08. The van der Waals surface area contributed by atoms with Crippen LogP contribution >= 0.6 is 23.4 Å². The van der Waals surface area contributed by atoms with Crippen LogP contribution in [0.5, 0.6) is 11.5 Å². The Morgan fingerprint density at radius 1 is 1.04 bits per heavy atom. The Kier molecular flexibility index (Phi) is 7.01. The Morgan fingerprint density at radius 3 is 2.63 bits per heavy atom. The van der Waals surface area contributed by atoms with E-state index in [1.807, 2.05) is 35.9 Å². The second kappa shape index (κ2) is 9.67. The Hall–Kier alpha value is -2.18. The number of nitrogens with zero attached hydrogens (tertiary/aromatic N) is 3. The number of ether oxygens (including phenoxy) is 2. The minimum Gasteiger partial charge on any atom is -0.493 e. The number of benzene rings is 2. The van der Waals surface area contributed by atoms with Crippen LogP contribution in [-0.4, -0.2) is 27.1 Å². The molecule has 0 aliphatic heterocycles. The lowest BCUT2D eigenvalue weighted by Crippen LogP contribution is -2.05. The zero-order valence-electron chi connectivity index (χ0n) is 15.4. The third kappa shape index (κ3) is 5.65. The van der Waals surface area contributed by atoms with Crippen LogP contribution in [-0.2, 0) is 20.1 Å². The Balaban J connectivity index is 1.46. The fourth-order valence-electron chi connectivity index (χ4n) is 2.42. The van der Waals surface area contributed by atoms with Crippen LogP contribution in [0.25, 0.3) is 0 Å². The second-order valence-corrected chi connectivity index (χ2v) is 7.40. The summed E-state index contributed by atoms with van der Waals surface area (Å²) in [5.41, 5.74) is 1.28. The molecule has 0 unspecified atom stereocenters. The third-order valence-electron chi connectivity index (χ3n) is 4.00. The molecule has 1 aromatic heterocycles. The molecule has 0 saturated heterocycles. The van der Waals surface area contributed by atoms with E-state index in [0.717, 1.165) is 34.7 Å². The van der Waals surface area contributed by atoms with Crippen LogP contribution in [0.15, 0.2) is 53.7 Å². The van der Waals surface area contributed by atoms with Gasteiger partial charge in [0.25, 0.3) is 0 Å². The molecule has 5 nitrogen and oxygen atoms in total. The van der Waals surface area contributed by atoms with E-state index < -0.39 is 0 Å². The van der Waals surface area contributed by atoms with E-state index in [1.165, 1.54) is 5.56 Å². The zero-order chi connectivity index (χ0) is 19.1. The van der Waals surface area contributed by atoms with Crippen molar-refractivity contribution in [3.8, 4) is 11.5 Å². The van der Waals surface area contributed by atoms with Crippen LogP contribution in [0, 0.1) is 0 Å². The molecule has 0 spiro atoms. The van der Waals surface area contributed by atoms with Gasteiger partial charge in [0, 0.05) is 17.8 Å². The molecule has 0 radical (unpaired) electrons. The van der Waals surface area contributed by atoms with Gasteiger partial charge in [0.15, 0.2) is 11.0 Å². The summed E-state index contributed by atoms with van der Waals surface area (Å²) in [6.07, 6.45) is 1.01. The van der Waals surface area contributed by atoms with Crippen LogP contribution in [0.2, 0.25) is 5.02 Å². The molecule has 0 N–H and O–H groups in total. The molecule has 0 fully saturated rings. The molecular formula is C20H22ClN3O2S. The predicted molar refractivity (Wildman–Crippen MR) is 109 cm³/mol. The SMILES string of the molecule is CCc1cccc(OCCSc2nnc(COc3ccc(Cl)cc3)n2C)c1. The maximum absolute atomic E-state index is 5.88. The van der Waals surface area contributed by atoms with E-state index in [-0.39, 0.29) is 0 Å². The topological polar surface area (TPSA) is 49.2 Å². The van der Waals surface area contributed by atoms with E-state index in [1.54, 1.807) is 23.9 Å². The standard InChI is InChI=1S/C20H22ClN3O2S/c1-3-15-5-4-6-18(13-15)25-11-12-27-20-23-22-19(24(20)2)14-26-17-9-7-16(21)8-10-17/h4-10,13H,3,11-12,14H2,1-2H3. The first-order chi connectivity index (χ1) is 13.2. The van der Waals surface area contributed by atoms with Gasteiger partial charge in [-0.3, -0.25) is 0 Å². The van der Waals surface area contributed by atoms with Gasteiger partial charge >= 0.3 is 0 Å². The average Bonchev–Trinajstić information content (AvgIpc) is 3.04. The van der Waals surface area contributed by atoms with E-state index >= 15 is 0 Å². The highest BCUT2D eigenvalue weighted by Crippen LogP contribution is 2.20. The molecule has 0 amide bonds. The number of halogens is 1. The number of aryl methyl sites for hydroxylation is 1. The van der Waals surface area contributed by atoms with Gasteiger partial charge in [-0.25, -0.2) is 0 Å². The minimum atomic E-state index is 0.353. The van der Waals surface area contributed by atoms with Crippen molar-refractivity contribution in [3.63, 3.8) is 0 Å². The normalized spacial score (nSPS) is 10.8. The van der Waals surface area contributed by atoms with Gasteiger partial charge in [-0.2, -0.15) is 0 Å². The molecule has 1 heterocycles. The van der Waals surface area contributed by atoms with Gasteiger partial charge in [0.2, 0.25) is 0 Å². The van der Waals surface area contributed by atoms with Crippen molar-refractivity contribution in [2.75, 3.05) is 12.4 Å². The molecule has 3 rings (SSSR count). The highest BCUT2D eigenvalue weighted by molar-refractivity contribution is 7.99. The molecule has 142 valence electrons. The van der Waals surface area contributed by atoms with Crippen molar-refractivity contribution in [1.82, 2.24) is 14.8 Å². The van der Waals surface area contributed by atoms with E-state index in [9.17, 15) is 0 Å². The average molecular weight is 404 g/mol. The number of hydrogen-bond donors (Lipinski definition) is 0. The molecule has 27 heavy (non-hydrogen) atoms. The van der Waals surface area contributed by atoms with Gasteiger partial charge in [-0.15, -0.1) is 10.2 Å². The maximum Gasteiger partial charge on any atom is 0.191 e. The summed E-state index contributed by atoms with van der Waals surface area (Å²) in [7, 11) is 1.94. The molecule has 0 aliphatic carbocycles. The smallest absolute Gasteiger partial charge is 0.191 e. The molecule has 0 aliphatic rings. The van der Waals surface area contributed by atoms with Crippen LogP contribution in [0.1, 0.15) is 18.3 Å². The van der Waals surface area contributed by atoms with Crippen molar-refractivity contribution in [3.05, 3.63) is 64.9 Å². The summed E-state index contributed by atoms with van der Waals surface area (Å²) in [4.78, 5) is 0. The fourth-order valence-corrected chi connectivity index (χ4v) is 3.30. The predicted octanol–water partition coefficient (Wildman–Crippen LogP) is 4.78. The highest BCUT2D eigenvalue weighted by atomic mass is 35.5. The van der Waals surface area contributed by atoms with Crippen molar-refractivity contribution in [2.24, 2.45) is 7.05 Å². The maximum atomic E-state index is 5.88. The first-order valence-electron chi connectivity index (χ1n) is 8.77. The monoisotopic (exact) mass is 403 g/mol. The Labute approximate surface area is 168 Å². The number of thioether (sulfide) groups is 1. The van der Waals surface area contributed by atoms with E-state index in [2.05, 4.69) is 29.3 Å². The molecule has 0 bridgehead atoms. The summed E-state index contributed by atoms with van der Waals surface area (Å²) >= 11 is 7.49. The van der Waals surface area contributed by atoms with Gasteiger partial charge in [-0.1, -0.05) is 42.4 Å². The molecule has 2 aromatic carbocycles. The summed E-state index contributed by atoms with van der Waals surface area (Å²) < 4.78 is 13.5. The van der Waals surface area contributed by atoms with Crippen molar-refractivity contribution in [2.45, 2.75) is 25.1 Å². The van der Waals surface area contributed by atoms with Gasteiger partial charge in [0.05, 0.1) is 6.61 Å². The van der Waals surface area contributed by atoms with Gasteiger partial charge in [-0.05, 0) is 48.4 Å². The Bertz CT molecular complexity index is 868. The lowest BCUT2D eigenvalue weighted by molar-refractivity contribution is 0.290. The van der Waals surface area contributed by atoms with Gasteiger partial charge in [0.1, 0.15) is 18.1 Å². The zero-order valence-corrected chi connectivity index (χ0v) is 17.0. The van der Waals surface area contributed by atoms with Gasteiger partial charge < -0.3 is 14.0 Å². The quantitative estimate of drug-likeness (QED) is 0.380. The van der Waals surface area contributed by atoms with Crippen LogP contribution < -0.4 is 9.47 Å². The van der Waals surface area contributed by atoms with E-state index in [4.69, 9.17) is 21.1 Å². The minimum absolute atomic E-state index is 0.353.